The van der Waals surface area contributed by atoms with Gasteiger partial charge in [0.2, 0.25) is 11.8 Å². The van der Waals surface area contributed by atoms with Crippen molar-refractivity contribution in [1.82, 2.24) is 19.4 Å². The van der Waals surface area contributed by atoms with Crippen molar-refractivity contribution in [2.45, 2.75) is 51.8 Å². The molecule has 1 aromatic carbocycles. The molecule has 230 valence electrons. The van der Waals surface area contributed by atoms with Gasteiger partial charge in [0.05, 0.1) is 24.2 Å². The van der Waals surface area contributed by atoms with Crippen molar-refractivity contribution in [3.05, 3.63) is 70.9 Å². The van der Waals surface area contributed by atoms with E-state index in [1.165, 1.54) is 34.6 Å². The number of nitrogens with one attached hydrogen (secondary N) is 2. The van der Waals surface area contributed by atoms with E-state index in [9.17, 15) is 24.0 Å². The van der Waals surface area contributed by atoms with Crippen molar-refractivity contribution in [3.8, 4) is 0 Å². The van der Waals surface area contributed by atoms with Gasteiger partial charge in [-0.15, -0.1) is 0 Å². The number of carbonyl (C=O) groups is 4. The van der Waals surface area contributed by atoms with Gasteiger partial charge in [-0.25, -0.2) is 19.1 Å². The predicted octanol–water partition coefficient (Wildman–Crippen LogP) is 2.53. The molecule has 4 N–H and O–H groups in total. The number of imidazole rings is 1. The number of para-hydroxylation sites is 2. The number of anilines is 1. The molecule has 0 bridgehead atoms. The average molecular weight is 597 g/mol. The molecule has 1 unspecified atom stereocenters. The Kier molecular flexibility index (Phi) is 11.2. The van der Waals surface area contributed by atoms with E-state index in [2.05, 4.69) is 15.6 Å². The molecule has 14 nitrogen and oxygen atoms in total. The Morgan fingerprint density at radius 1 is 1.09 bits per heavy atom. The van der Waals surface area contributed by atoms with Gasteiger partial charge in [0, 0.05) is 13.3 Å². The van der Waals surface area contributed by atoms with Gasteiger partial charge in [0.15, 0.2) is 0 Å². The van der Waals surface area contributed by atoms with Crippen LogP contribution in [-0.4, -0.2) is 70.1 Å². The number of alkyl carbamates (subject to hydrolysis) is 1. The molecule has 0 aliphatic rings. The van der Waals surface area contributed by atoms with E-state index >= 15 is 0 Å². The molecule has 14 heteroatoms. The number of nitrogens with two attached hydrogens (primary N) is 1. The van der Waals surface area contributed by atoms with E-state index in [0.717, 1.165) is 6.08 Å². The number of methoxy groups -OCH3 is 1. The van der Waals surface area contributed by atoms with Gasteiger partial charge in [-0.1, -0.05) is 18.2 Å². The Morgan fingerprint density at radius 2 is 1.84 bits per heavy atom. The lowest BCUT2D eigenvalue weighted by molar-refractivity contribution is -0.118. The Morgan fingerprint density at radius 3 is 2.53 bits per heavy atom. The summed E-state index contributed by atoms with van der Waals surface area (Å²) >= 11 is 0. The van der Waals surface area contributed by atoms with Crippen molar-refractivity contribution >= 4 is 40.7 Å². The maximum atomic E-state index is 13.4. The molecule has 0 saturated carbocycles. The quantitative estimate of drug-likeness (QED) is 0.209. The zero-order valence-electron chi connectivity index (χ0n) is 24.5. The van der Waals surface area contributed by atoms with Crippen LogP contribution in [0.1, 0.15) is 39.4 Å². The predicted molar refractivity (Wildman–Crippen MR) is 158 cm³/mol. The van der Waals surface area contributed by atoms with E-state index in [4.69, 9.17) is 19.9 Å². The highest BCUT2D eigenvalue weighted by molar-refractivity contribution is 5.96. The minimum absolute atomic E-state index is 0.0320. The molecule has 0 fully saturated rings. The second kappa shape index (κ2) is 14.8. The Labute approximate surface area is 247 Å². The summed E-state index contributed by atoms with van der Waals surface area (Å²) in [7, 11) is 1.45. The number of carbonyl (C=O) groups excluding carboxylic acids is 4. The monoisotopic (exact) mass is 596 g/mol. The number of hydrogen-bond donors (Lipinski definition) is 3. The SMILES string of the molecule is COCCOC(=O)NC(CC/C=C/C(N)=O)C(=O)Nc1cccn(Cc2nc3ccccc3n2C(=O)OC(C)(C)C)c1=O. The first-order chi connectivity index (χ1) is 20.4. The summed E-state index contributed by atoms with van der Waals surface area (Å²) < 4.78 is 18.0. The van der Waals surface area contributed by atoms with Gasteiger partial charge in [-0.05, 0) is 64.0 Å². The van der Waals surface area contributed by atoms with E-state index in [-0.39, 0.29) is 44.1 Å². The molecular formula is C29H36N6O8. The number of benzene rings is 1. The fraction of sp³-hybridized carbons (Fsp3) is 0.379. The lowest BCUT2D eigenvalue weighted by Gasteiger charge is -2.20. The Hall–Kier alpha value is -4.98. The zero-order chi connectivity index (χ0) is 31.6. The molecule has 0 aliphatic carbocycles. The Balaban J connectivity index is 1.85. The first-order valence-electron chi connectivity index (χ1n) is 13.5. The molecule has 2 heterocycles. The number of ether oxygens (including phenoxy) is 3. The number of primary amides is 1. The third-order valence-corrected chi connectivity index (χ3v) is 5.83. The fourth-order valence-electron chi connectivity index (χ4n) is 3.95. The maximum absolute atomic E-state index is 13.4. The molecule has 1 atom stereocenters. The Bertz CT molecular complexity index is 1550. The molecule has 0 spiro atoms. The summed E-state index contributed by atoms with van der Waals surface area (Å²) in [4.78, 5) is 67.4. The smallest absolute Gasteiger partial charge is 0.420 e. The van der Waals surface area contributed by atoms with E-state index in [1.807, 2.05) is 0 Å². The molecule has 3 amide bonds. The number of fused-ring (bicyclic) bond motifs is 1. The lowest BCUT2D eigenvalue weighted by atomic mass is 10.1. The molecular weight excluding hydrogens is 560 g/mol. The highest BCUT2D eigenvalue weighted by Gasteiger charge is 2.25. The average Bonchev–Trinajstić information content (AvgIpc) is 3.29. The van der Waals surface area contributed by atoms with E-state index in [1.54, 1.807) is 51.1 Å². The topological polar surface area (TPSA) is 186 Å². The van der Waals surface area contributed by atoms with Crippen LogP contribution in [0, 0.1) is 0 Å². The van der Waals surface area contributed by atoms with Gasteiger partial charge in [0.25, 0.3) is 5.56 Å². The summed E-state index contributed by atoms with van der Waals surface area (Å²) in [5, 5.41) is 5.01. The van der Waals surface area contributed by atoms with Crippen LogP contribution < -0.4 is 21.9 Å². The van der Waals surface area contributed by atoms with Gasteiger partial charge >= 0.3 is 12.2 Å². The van der Waals surface area contributed by atoms with Gasteiger partial charge < -0.3 is 35.1 Å². The third-order valence-electron chi connectivity index (χ3n) is 5.83. The van der Waals surface area contributed by atoms with Crippen molar-refractivity contribution in [3.63, 3.8) is 0 Å². The molecule has 0 saturated heterocycles. The number of aromatic nitrogens is 3. The van der Waals surface area contributed by atoms with Gasteiger partial charge in [-0.3, -0.25) is 14.4 Å². The summed E-state index contributed by atoms with van der Waals surface area (Å²) in [5.74, 6) is -1.09. The van der Waals surface area contributed by atoms with Crippen molar-refractivity contribution in [1.29, 1.82) is 0 Å². The number of allylic oxidation sites excluding steroid dienone is 1. The van der Waals surface area contributed by atoms with Crippen LogP contribution in [0.25, 0.3) is 11.0 Å². The minimum atomic E-state index is -1.11. The van der Waals surface area contributed by atoms with Crippen LogP contribution in [0.3, 0.4) is 0 Å². The highest BCUT2D eigenvalue weighted by Crippen LogP contribution is 2.19. The molecule has 3 rings (SSSR count). The molecule has 43 heavy (non-hydrogen) atoms. The van der Waals surface area contributed by atoms with E-state index in [0.29, 0.717) is 11.0 Å². The second-order valence-corrected chi connectivity index (χ2v) is 10.4. The molecule has 0 aliphatic heterocycles. The number of amides is 3. The summed E-state index contributed by atoms with van der Waals surface area (Å²) in [6, 6.07) is 8.85. The zero-order valence-corrected chi connectivity index (χ0v) is 24.5. The number of nitrogens with zero attached hydrogens (tertiary/aromatic N) is 3. The number of rotatable bonds is 12. The standard InChI is InChI=1S/C29H36N6O8/c1-29(2,3)43-28(40)35-22-13-7-5-10-19(22)31-24(35)18-34-15-9-12-21(26(34)38)32-25(37)20(11-6-8-14-23(30)36)33-27(39)42-17-16-41-4/h5,7-10,12-15,20H,6,11,16-18H2,1-4H3,(H2,30,36)(H,32,37)(H,33,39)/b14-8+. The highest BCUT2D eigenvalue weighted by atomic mass is 16.6. The summed E-state index contributed by atoms with van der Waals surface area (Å²) in [5.41, 5.74) is 4.75. The largest absolute Gasteiger partial charge is 0.447 e. The van der Waals surface area contributed by atoms with Crippen LogP contribution in [0.4, 0.5) is 15.3 Å². The van der Waals surface area contributed by atoms with Crippen LogP contribution in [0.5, 0.6) is 0 Å². The summed E-state index contributed by atoms with van der Waals surface area (Å²) in [6.07, 6.45) is 2.90. The number of pyridine rings is 1. The van der Waals surface area contributed by atoms with Crippen molar-refractivity contribution in [2.75, 3.05) is 25.6 Å². The van der Waals surface area contributed by atoms with Crippen LogP contribution in [0.15, 0.2) is 59.5 Å². The van der Waals surface area contributed by atoms with E-state index < -0.39 is 41.2 Å². The van der Waals surface area contributed by atoms with Crippen molar-refractivity contribution in [2.24, 2.45) is 5.73 Å². The maximum Gasteiger partial charge on any atom is 0.420 e. The van der Waals surface area contributed by atoms with Crippen LogP contribution >= 0.6 is 0 Å². The third kappa shape index (κ3) is 9.53. The number of hydrogen-bond acceptors (Lipinski definition) is 9. The van der Waals surface area contributed by atoms with Gasteiger partial charge in [-0.2, -0.15) is 0 Å². The normalized spacial score (nSPS) is 12.2. The fourth-order valence-corrected chi connectivity index (χ4v) is 3.95. The second-order valence-electron chi connectivity index (χ2n) is 10.4. The minimum Gasteiger partial charge on any atom is -0.447 e. The molecule has 3 aromatic rings. The molecule has 0 radical (unpaired) electrons. The van der Waals surface area contributed by atoms with Crippen molar-refractivity contribution < 1.29 is 33.4 Å². The first-order valence-corrected chi connectivity index (χ1v) is 13.5. The van der Waals surface area contributed by atoms with Crippen LogP contribution in [-0.2, 0) is 30.3 Å². The van der Waals surface area contributed by atoms with Gasteiger partial charge in [0.1, 0.15) is 29.8 Å². The van der Waals surface area contributed by atoms with Crippen LogP contribution in [0.2, 0.25) is 0 Å². The molecule has 2 aromatic heterocycles. The lowest BCUT2D eigenvalue weighted by Crippen LogP contribution is -2.45. The first kappa shape index (κ1) is 32.5. The summed E-state index contributed by atoms with van der Waals surface area (Å²) in [6.45, 7) is 5.26.